The summed E-state index contributed by atoms with van der Waals surface area (Å²) in [6.45, 7) is 4.97. The largest absolute Gasteiger partial charge is 0.285 e. The van der Waals surface area contributed by atoms with E-state index in [9.17, 15) is 12.8 Å². The first kappa shape index (κ1) is 14.5. The van der Waals surface area contributed by atoms with E-state index in [2.05, 4.69) is 0 Å². The Bertz CT molecular complexity index is 548. The molecule has 0 atom stereocenters. The van der Waals surface area contributed by atoms with Gasteiger partial charge in [0.2, 0.25) is 0 Å². The number of rotatable bonds is 3. The number of halogens is 1. The standard InChI is InChI=1S/C14H20FNO2S/c1-14(2,16-9-4-3-5-10-16)19(17,18)13-8-6-7-12(15)11-13/h6-8,11H,3-5,9-10H2,1-2H3. The summed E-state index contributed by atoms with van der Waals surface area (Å²) in [5, 5.41) is 0. The second-order valence-corrected chi connectivity index (χ2v) is 7.93. The van der Waals surface area contributed by atoms with Crippen LogP contribution in [-0.4, -0.2) is 31.3 Å². The van der Waals surface area contributed by atoms with Crippen LogP contribution in [0.3, 0.4) is 0 Å². The maximum absolute atomic E-state index is 13.2. The van der Waals surface area contributed by atoms with E-state index in [-0.39, 0.29) is 4.90 Å². The molecule has 0 bridgehead atoms. The van der Waals surface area contributed by atoms with Crippen LogP contribution in [-0.2, 0) is 9.84 Å². The predicted octanol–water partition coefficient (Wildman–Crippen LogP) is 2.82. The summed E-state index contributed by atoms with van der Waals surface area (Å²) >= 11 is 0. The monoisotopic (exact) mass is 285 g/mol. The van der Waals surface area contributed by atoms with Crippen molar-refractivity contribution in [3.8, 4) is 0 Å². The van der Waals surface area contributed by atoms with Gasteiger partial charge in [-0.25, -0.2) is 12.8 Å². The third-order valence-corrected chi connectivity index (χ3v) is 6.33. The van der Waals surface area contributed by atoms with Crippen LogP contribution in [0.5, 0.6) is 0 Å². The number of benzene rings is 1. The molecule has 106 valence electrons. The summed E-state index contributed by atoms with van der Waals surface area (Å²) < 4.78 is 38.6. The Morgan fingerprint density at radius 2 is 1.79 bits per heavy atom. The molecule has 5 heteroatoms. The van der Waals surface area contributed by atoms with Gasteiger partial charge in [-0.15, -0.1) is 0 Å². The van der Waals surface area contributed by atoms with Gasteiger partial charge in [-0.3, -0.25) is 4.90 Å². The maximum atomic E-state index is 13.2. The van der Waals surface area contributed by atoms with Gasteiger partial charge in [0.1, 0.15) is 10.7 Å². The molecule has 0 saturated carbocycles. The average molecular weight is 285 g/mol. The first-order valence-corrected chi connectivity index (χ1v) is 8.09. The third kappa shape index (κ3) is 2.67. The summed E-state index contributed by atoms with van der Waals surface area (Å²) in [4.78, 5) is 1.04. The smallest absolute Gasteiger partial charge is 0.196 e. The van der Waals surface area contributed by atoms with Crippen molar-refractivity contribution in [3.05, 3.63) is 30.1 Å². The highest BCUT2D eigenvalue weighted by atomic mass is 32.2. The van der Waals surface area contributed by atoms with E-state index in [1.807, 2.05) is 4.90 Å². The van der Waals surface area contributed by atoms with Gasteiger partial charge in [-0.05, 0) is 58.0 Å². The molecular weight excluding hydrogens is 265 g/mol. The molecule has 0 aliphatic carbocycles. The Labute approximate surface area is 114 Å². The molecule has 0 amide bonds. The zero-order valence-corrected chi connectivity index (χ0v) is 12.2. The zero-order valence-electron chi connectivity index (χ0n) is 11.4. The lowest BCUT2D eigenvalue weighted by Crippen LogP contribution is -2.51. The van der Waals surface area contributed by atoms with Crippen LogP contribution < -0.4 is 0 Å². The van der Waals surface area contributed by atoms with Gasteiger partial charge in [0, 0.05) is 0 Å². The van der Waals surface area contributed by atoms with Gasteiger partial charge in [0.25, 0.3) is 0 Å². The van der Waals surface area contributed by atoms with Crippen LogP contribution in [0.2, 0.25) is 0 Å². The molecule has 0 radical (unpaired) electrons. The van der Waals surface area contributed by atoms with E-state index in [0.717, 1.165) is 38.4 Å². The van der Waals surface area contributed by atoms with E-state index in [4.69, 9.17) is 0 Å². The highest BCUT2D eigenvalue weighted by Gasteiger charge is 2.41. The molecule has 1 aliphatic heterocycles. The summed E-state index contributed by atoms with van der Waals surface area (Å²) in [5.74, 6) is -0.518. The SMILES string of the molecule is CC(C)(N1CCCCC1)S(=O)(=O)c1cccc(F)c1. The molecular formula is C14H20FNO2S. The predicted molar refractivity (Wildman–Crippen MR) is 73.1 cm³/mol. The van der Waals surface area contributed by atoms with E-state index in [0.29, 0.717) is 0 Å². The second-order valence-electron chi connectivity index (χ2n) is 5.46. The molecule has 1 aromatic rings. The molecule has 19 heavy (non-hydrogen) atoms. The van der Waals surface area contributed by atoms with Crippen LogP contribution in [0.25, 0.3) is 0 Å². The van der Waals surface area contributed by atoms with Gasteiger partial charge in [-0.1, -0.05) is 12.5 Å². The number of piperidine rings is 1. The average Bonchev–Trinajstić information content (AvgIpc) is 2.39. The maximum Gasteiger partial charge on any atom is 0.196 e. The molecule has 1 aromatic carbocycles. The Morgan fingerprint density at radius 1 is 1.16 bits per heavy atom. The Kier molecular flexibility index (Phi) is 3.97. The normalized spacial score (nSPS) is 18.5. The Balaban J connectivity index is 2.37. The lowest BCUT2D eigenvalue weighted by atomic mass is 10.1. The van der Waals surface area contributed by atoms with Gasteiger partial charge in [0.15, 0.2) is 9.84 Å². The topological polar surface area (TPSA) is 37.4 Å². The minimum Gasteiger partial charge on any atom is -0.285 e. The van der Waals surface area contributed by atoms with Crippen molar-refractivity contribution in [2.75, 3.05) is 13.1 Å². The molecule has 1 aliphatic rings. The Morgan fingerprint density at radius 3 is 2.37 bits per heavy atom. The molecule has 2 rings (SSSR count). The minimum atomic E-state index is -3.57. The van der Waals surface area contributed by atoms with Crippen molar-refractivity contribution >= 4 is 9.84 Å². The number of likely N-dealkylation sites (tertiary alicyclic amines) is 1. The van der Waals surface area contributed by atoms with Crippen molar-refractivity contribution < 1.29 is 12.8 Å². The van der Waals surface area contributed by atoms with E-state index < -0.39 is 20.5 Å². The van der Waals surface area contributed by atoms with Crippen LogP contribution in [0.15, 0.2) is 29.2 Å². The van der Waals surface area contributed by atoms with Crippen LogP contribution in [0.4, 0.5) is 4.39 Å². The Hall–Kier alpha value is -0.940. The fourth-order valence-corrected chi connectivity index (χ4v) is 4.15. The number of sulfone groups is 1. The zero-order chi connectivity index (χ0) is 14.1. The van der Waals surface area contributed by atoms with E-state index in [1.165, 1.54) is 18.2 Å². The van der Waals surface area contributed by atoms with Gasteiger partial charge < -0.3 is 0 Å². The summed E-state index contributed by atoms with van der Waals surface area (Å²) in [7, 11) is -3.57. The molecule has 0 spiro atoms. The van der Waals surface area contributed by atoms with Crippen LogP contribution in [0.1, 0.15) is 33.1 Å². The van der Waals surface area contributed by atoms with Crippen LogP contribution in [0, 0.1) is 5.82 Å². The van der Waals surface area contributed by atoms with Gasteiger partial charge in [-0.2, -0.15) is 0 Å². The molecule has 1 fully saturated rings. The van der Waals surface area contributed by atoms with Crippen LogP contribution >= 0.6 is 0 Å². The van der Waals surface area contributed by atoms with E-state index in [1.54, 1.807) is 13.8 Å². The number of hydrogen-bond donors (Lipinski definition) is 0. The van der Waals surface area contributed by atoms with Gasteiger partial charge in [0.05, 0.1) is 4.90 Å². The molecule has 0 N–H and O–H groups in total. The fraction of sp³-hybridized carbons (Fsp3) is 0.571. The van der Waals surface area contributed by atoms with Crippen molar-refractivity contribution in [1.82, 2.24) is 4.90 Å². The summed E-state index contributed by atoms with van der Waals surface area (Å²) in [6.07, 6.45) is 3.18. The number of nitrogens with zero attached hydrogens (tertiary/aromatic N) is 1. The lowest BCUT2D eigenvalue weighted by Gasteiger charge is -2.40. The lowest BCUT2D eigenvalue weighted by molar-refractivity contribution is 0.154. The van der Waals surface area contributed by atoms with Gasteiger partial charge >= 0.3 is 0 Å². The quantitative estimate of drug-likeness (QED) is 0.857. The second kappa shape index (κ2) is 5.21. The van der Waals surface area contributed by atoms with Crippen molar-refractivity contribution in [2.45, 2.75) is 42.9 Å². The third-order valence-electron chi connectivity index (χ3n) is 3.88. The molecule has 1 heterocycles. The molecule has 0 aromatic heterocycles. The van der Waals surface area contributed by atoms with Crippen molar-refractivity contribution in [3.63, 3.8) is 0 Å². The molecule has 0 unspecified atom stereocenters. The highest BCUT2D eigenvalue weighted by Crippen LogP contribution is 2.31. The summed E-state index contributed by atoms with van der Waals surface area (Å²) in [6, 6.07) is 5.26. The first-order valence-electron chi connectivity index (χ1n) is 6.61. The van der Waals surface area contributed by atoms with Crippen molar-refractivity contribution in [1.29, 1.82) is 0 Å². The molecule has 1 saturated heterocycles. The molecule has 3 nitrogen and oxygen atoms in total. The first-order chi connectivity index (χ1) is 8.85. The summed E-state index contributed by atoms with van der Waals surface area (Å²) in [5.41, 5.74) is 0. The minimum absolute atomic E-state index is 0.0584. The highest BCUT2D eigenvalue weighted by molar-refractivity contribution is 7.92. The van der Waals surface area contributed by atoms with E-state index >= 15 is 0 Å². The fourth-order valence-electron chi connectivity index (χ4n) is 2.52. The van der Waals surface area contributed by atoms with Crippen molar-refractivity contribution in [2.24, 2.45) is 0 Å². The number of hydrogen-bond acceptors (Lipinski definition) is 3.